The van der Waals surface area contributed by atoms with Crippen molar-refractivity contribution in [3.63, 3.8) is 0 Å². The molecule has 1 aromatic rings. The van der Waals surface area contributed by atoms with Crippen LogP contribution in [-0.2, 0) is 0 Å². The van der Waals surface area contributed by atoms with Crippen LogP contribution in [0.1, 0.15) is 10.4 Å². The summed E-state index contributed by atoms with van der Waals surface area (Å²) in [5.74, 6) is -0.776. The molecule has 6 heteroatoms. The number of hydrogen-bond acceptors (Lipinski definition) is 3. The molecule has 1 N–H and O–H groups in total. The van der Waals surface area contributed by atoms with Gasteiger partial charge in [-0.15, -0.1) is 0 Å². The van der Waals surface area contributed by atoms with Crippen molar-refractivity contribution in [1.29, 1.82) is 0 Å². The van der Waals surface area contributed by atoms with E-state index < -0.39 is 5.82 Å². The van der Waals surface area contributed by atoms with Gasteiger partial charge >= 0.3 is 0 Å². The number of nitrogens with one attached hydrogen (secondary N) is 1. The van der Waals surface area contributed by atoms with Gasteiger partial charge in [0.1, 0.15) is 5.82 Å². The Morgan fingerprint density at radius 1 is 1.25 bits per heavy atom. The van der Waals surface area contributed by atoms with Crippen LogP contribution >= 0.6 is 11.6 Å². The number of amides is 1. The Morgan fingerprint density at radius 2 is 1.95 bits per heavy atom. The summed E-state index contributed by atoms with van der Waals surface area (Å²) >= 11 is 5.84. The Morgan fingerprint density at radius 3 is 2.55 bits per heavy atom. The maximum absolute atomic E-state index is 13.7. The summed E-state index contributed by atoms with van der Waals surface area (Å²) in [6.07, 6.45) is 0. The Bertz CT molecular complexity index is 513. The minimum atomic E-state index is -0.509. The van der Waals surface area contributed by atoms with Crippen LogP contribution < -0.4 is 5.32 Å². The molecule has 0 aromatic heterocycles. The molecule has 2 fully saturated rings. The average molecular weight is 298 g/mol. The molecule has 2 aliphatic heterocycles. The van der Waals surface area contributed by atoms with E-state index in [1.54, 1.807) is 4.90 Å². The van der Waals surface area contributed by atoms with Gasteiger partial charge in [0.25, 0.3) is 5.91 Å². The second kappa shape index (κ2) is 5.68. The third-order valence-corrected chi connectivity index (χ3v) is 4.27. The summed E-state index contributed by atoms with van der Waals surface area (Å²) < 4.78 is 13.7. The Balaban J connectivity index is 1.65. The number of carbonyl (C=O) groups is 1. The molecule has 1 aromatic carbocycles. The van der Waals surface area contributed by atoms with Crippen LogP contribution in [0.15, 0.2) is 18.2 Å². The van der Waals surface area contributed by atoms with E-state index in [0.29, 0.717) is 24.2 Å². The lowest BCUT2D eigenvalue weighted by molar-refractivity contribution is 0.0498. The normalized spacial score (nSPS) is 20.8. The van der Waals surface area contributed by atoms with E-state index in [1.165, 1.54) is 18.2 Å². The van der Waals surface area contributed by atoms with Crippen molar-refractivity contribution in [1.82, 2.24) is 15.1 Å². The number of piperazine rings is 1. The number of nitrogens with zero attached hydrogens (tertiary/aromatic N) is 2. The molecule has 20 heavy (non-hydrogen) atoms. The first-order valence-corrected chi connectivity index (χ1v) is 7.22. The molecule has 0 saturated carbocycles. The fourth-order valence-corrected chi connectivity index (χ4v) is 2.83. The third-order valence-electron chi connectivity index (χ3n) is 4.04. The van der Waals surface area contributed by atoms with E-state index in [4.69, 9.17) is 11.6 Å². The lowest BCUT2D eigenvalue weighted by atomic mass is 10.1. The van der Waals surface area contributed by atoms with E-state index >= 15 is 0 Å². The van der Waals surface area contributed by atoms with Crippen LogP contribution in [0.4, 0.5) is 4.39 Å². The summed E-state index contributed by atoms with van der Waals surface area (Å²) in [4.78, 5) is 16.4. The van der Waals surface area contributed by atoms with Crippen LogP contribution in [0.3, 0.4) is 0 Å². The molecule has 2 aliphatic rings. The van der Waals surface area contributed by atoms with Gasteiger partial charge in [-0.25, -0.2) is 4.39 Å². The first-order chi connectivity index (χ1) is 9.65. The van der Waals surface area contributed by atoms with Gasteiger partial charge in [-0.3, -0.25) is 9.69 Å². The van der Waals surface area contributed by atoms with Gasteiger partial charge < -0.3 is 10.2 Å². The van der Waals surface area contributed by atoms with E-state index in [2.05, 4.69) is 10.2 Å². The Labute approximate surface area is 122 Å². The van der Waals surface area contributed by atoms with Crippen LogP contribution in [0.2, 0.25) is 5.02 Å². The van der Waals surface area contributed by atoms with Crippen molar-refractivity contribution in [2.24, 2.45) is 0 Å². The lowest BCUT2D eigenvalue weighted by Gasteiger charge is -2.43. The molecule has 0 radical (unpaired) electrons. The van der Waals surface area contributed by atoms with Crippen LogP contribution in [-0.4, -0.2) is 61.0 Å². The zero-order valence-electron chi connectivity index (χ0n) is 11.1. The fraction of sp³-hybridized carbons (Fsp3) is 0.500. The first-order valence-electron chi connectivity index (χ1n) is 6.84. The Kier molecular flexibility index (Phi) is 3.92. The van der Waals surface area contributed by atoms with E-state index in [9.17, 15) is 9.18 Å². The topological polar surface area (TPSA) is 35.6 Å². The van der Waals surface area contributed by atoms with Crippen molar-refractivity contribution >= 4 is 17.5 Å². The zero-order valence-corrected chi connectivity index (χ0v) is 11.9. The smallest absolute Gasteiger partial charge is 0.256 e. The molecule has 2 heterocycles. The molecule has 0 spiro atoms. The predicted molar refractivity (Wildman–Crippen MR) is 75.5 cm³/mol. The van der Waals surface area contributed by atoms with E-state index in [-0.39, 0.29) is 11.5 Å². The number of halogens is 2. The molecule has 4 nitrogen and oxygen atoms in total. The van der Waals surface area contributed by atoms with Crippen molar-refractivity contribution in [2.45, 2.75) is 6.04 Å². The monoisotopic (exact) mass is 297 g/mol. The quantitative estimate of drug-likeness (QED) is 0.891. The van der Waals surface area contributed by atoms with Crippen LogP contribution in [0.5, 0.6) is 0 Å². The molecule has 1 amide bonds. The average Bonchev–Trinajstić information content (AvgIpc) is 2.40. The van der Waals surface area contributed by atoms with Crippen LogP contribution in [0, 0.1) is 5.82 Å². The SMILES string of the molecule is O=C(c1cc(Cl)ccc1F)N1CCN(C2CNC2)CC1. The molecule has 0 atom stereocenters. The highest BCUT2D eigenvalue weighted by Crippen LogP contribution is 2.18. The van der Waals surface area contributed by atoms with Gasteiger partial charge in [-0.2, -0.15) is 0 Å². The minimum Gasteiger partial charge on any atom is -0.336 e. The second-order valence-electron chi connectivity index (χ2n) is 5.26. The number of rotatable bonds is 2. The zero-order chi connectivity index (χ0) is 14.1. The minimum absolute atomic E-state index is 0.0660. The third kappa shape index (κ3) is 2.66. The van der Waals surface area contributed by atoms with E-state index in [0.717, 1.165) is 26.2 Å². The molecular weight excluding hydrogens is 281 g/mol. The van der Waals surface area contributed by atoms with Gasteiger partial charge in [-0.1, -0.05) is 11.6 Å². The summed E-state index contributed by atoms with van der Waals surface area (Å²) in [7, 11) is 0. The number of hydrogen-bond donors (Lipinski definition) is 1. The standard InChI is InChI=1S/C14H17ClFN3O/c15-10-1-2-13(16)12(7-10)14(20)19-5-3-18(4-6-19)11-8-17-9-11/h1-2,7,11,17H,3-6,8-9H2. The van der Waals surface area contributed by atoms with Crippen molar-refractivity contribution in [3.8, 4) is 0 Å². The van der Waals surface area contributed by atoms with Crippen molar-refractivity contribution in [3.05, 3.63) is 34.6 Å². The Hall–Kier alpha value is -1.17. The van der Waals surface area contributed by atoms with Gasteiger partial charge in [-0.05, 0) is 18.2 Å². The first kappa shape index (κ1) is 13.8. The van der Waals surface area contributed by atoms with Gasteiger partial charge in [0.15, 0.2) is 0 Å². The van der Waals surface area contributed by atoms with E-state index in [1.807, 2.05) is 0 Å². The fourth-order valence-electron chi connectivity index (χ4n) is 2.65. The van der Waals surface area contributed by atoms with Gasteiger partial charge in [0.05, 0.1) is 5.56 Å². The largest absolute Gasteiger partial charge is 0.336 e. The molecule has 0 aliphatic carbocycles. The molecule has 2 saturated heterocycles. The molecular formula is C14H17ClFN3O. The highest BCUT2D eigenvalue weighted by atomic mass is 35.5. The molecule has 3 rings (SSSR count). The lowest BCUT2D eigenvalue weighted by Crippen LogP contribution is -2.62. The van der Waals surface area contributed by atoms with Crippen molar-refractivity contribution in [2.75, 3.05) is 39.3 Å². The van der Waals surface area contributed by atoms with Gasteiger partial charge in [0, 0.05) is 50.3 Å². The summed E-state index contributed by atoms with van der Waals surface area (Å²) in [5, 5.41) is 3.63. The highest BCUT2D eigenvalue weighted by molar-refractivity contribution is 6.31. The summed E-state index contributed by atoms with van der Waals surface area (Å²) in [5.41, 5.74) is 0.0660. The summed E-state index contributed by atoms with van der Waals surface area (Å²) in [6.45, 7) is 5.02. The number of carbonyl (C=O) groups excluding carboxylic acids is 1. The molecule has 0 bridgehead atoms. The second-order valence-corrected chi connectivity index (χ2v) is 5.70. The number of benzene rings is 1. The maximum Gasteiger partial charge on any atom is 0.256 e. The summed E-state index contributed by atoms with van der Waals surface area (Å²) in [6, 6.07) is 4.69. The van der Waals surface area contributed by atoms with Gasteiger partial charge in [0.2, 0.25) is 0 Å². The van der Waals surface area contributed by atoms with Crippen molar-refractivity contribution < 1.29 is 9.18 Å². The maximum atomic E-state index is 13.7. The highest BCUT2D eigenvalue weighted by Gasteiger charge is 2.30. The molecule has 0 unspecified atom stereocenters. The predicted octanol–water partition coefficient (Wildman–Crippen LogP) is 1.21. The molecule has 108 valence electrons. The van der Waals surface area contributed by atoms with Crippen LogP contribution in [0.25, 0.3) is 0 Å².